The van der Waals surface area contributed by atoms with Crippen LogP contribution in [0.3, 0.4) is 0 Å². The van der Waals surface area contributed by atoms with Crippen molar-refractivity contribution in [3.05, 3.63) is 0 Å². The molecule has 0 aromatic rings. The van der Waals surface area contributed by atoms with Crippen molar-refractivity contribution in [3.63, 3.8) is 0 Å². The van der Waals surface area contributed by atoms with E-state index in [4.69, 9.17) is 0 Å². The molecule has 2 amide bonds. The van der Waals surface area contributed by atoms with E-state index in [1.54, 1.807) is 11.8 Å². The van der Waals surface area contributed by atoms with Crippen LogP contribution in [0.4, 0.5) is 0 Å². The van der Waals surface area contributed by atoms with E-state index < -0.39 is 5.92 Å². The summed E-state index contributed by atoms with van der Waals surface area (Å²) in [5, 5.41) is 6.93. The lowest BCUT2D eigenvalue weighted by molar-refractivity contribution is -0.138. The van der Waals surface area contributed by atoms with Crippen LogP contribution in [0, 0.1) is 5.92 Å². The van der Waals surface area contributed by atoms with Crippen LogP contribution in [0.1, 0.15) is 6.92 Å². The zero-order valence-corrected chi connectivity index (χ0v) is 8.62. The first-order valence-corrected chi connectivity index (χ1v) is 5.03. The van der Waals surface area contributed by atoms with E-state index in [1.165, 1.54) is 0 Å². The molecule has 0 saturated carbocycles. The molecule has 0 bridgehead atoms. The third-order valence-electron chi connectivity index (χ3n) is 2.70. The third-order valence-corrected chi connectivity index (χ3v) is 2.70. The van der Waals surface area contributed by atoms with Crippen molar-refractivity contribution in [2.75, 3.05) is 26.2 Å². The van der Waals surface area contributed by atoms with E-state index in [0.717, 1.165) is 13.1 Å². The van der Waals surface area contributed by atoms with Crippen molar-refractivity contribution < 1.29 is 9.59 Å². The third kappa shape index (κ3) is 1.85. The fourth-order valence-electron chi connectivity index (χ4n) is 1.82. The zero-order chi connectivity index (χ0) is 10.8. The van der Waals surface area contributed by atoms with Gasteiger partial charge >= 0.3 is 0 Å². The molecular weight excluding hydrogens is 196 g/mol. The van der Waals surface area contributed by atoms with Crippen molar-refractivity contribution >= 4 is 17.5 Å². The monoisotopic (exact) mass is 210 g/mol. The molecule has 1 unspecified atom stereocenters. The molecule has 2 heterocycles. The number of piperazine rings is 1. The summed E-state index contributed by atoms with van der Waals surface area (Å²) in [4.78, 5) is 25.1. The van der Waals surface area contributed by atoms with Gasteiger partial charge < -0.3 is 10.2 Å². The molecule has 0 aromatic heterocycles. The average Bonchev–Trinajstić information content (AvgIpc) is 2.59. The molecule has 0 radical (unpaired) electrons. The van der Waals surface area contributed by atoms with Gasteiger partial charge in [0.1, 0.15) is 0 Å². The van der Waals surface area contributed by atoms with Crippen LogP contribution in [0.15, 0.2) is 5.10 Å². The minimum Gasteiger partial charge on any atom is -0.339 e. The molecule has 82 valence electrons. The van der Waals surface area contributed by atoms with Crippen LogP contribution >= 0.6 is 0 Å². The molecule has 2 aliphatic rings. The molecule has 1 fully saturated rings. The number of carbonyl (C=O) groups is 2. The van der Waals surface area contributed by atoms with Gasteiger partial charge in [-0.3, -0.25) is 9.59 Å². The SMILES string of the molecule is CC1=NNC(=O)C1C(=O)N1CCNCC1. The molecule has 2 rings (SSSR count). The van der Waals surface area contributed by atoms with E-state index in [0.29, 0.717) is 18.8 Å². The summed E-state index contributed by atoms with van der Waals surface area (Å²) in [7, 11) is 0. The molecule has 1 atom stereocenters. The predicted molar refractivity (Wildman–Crippen MR) is 54.2 cm³/mol. The van der Waals surface area contributed by atoms with Crippen LogP contribution in [0.25, 0.3) is 0 Å². The zero-order valence-electron chi connectivity index (χ0n) is 8.62. The van der Waals surface area contributed by atoms with Gasteiger partial charge in [-0.05, 0) is 6.92 Å². The van der Waals surface area contributed by atoms with Crippen molar-refractivity contribution in [2.45, 2.75) is 6.92 Å². The van der Waals surface area contributed by atoms with Gasteiger partial charge in [0.25, 0.3) is 5.91 Å². The van der Waals surface area contributed by atoms with Crippen molar-refractivity contribution in [1.29, 1.82) is 0 Å². The van der Waals surface area contributed by atoms with Crippen LogP contribution < -0.4 is 10.7 Å². The highest BCUT2D eigenvalue weighted by atomic mass is 16.2. The number of nitrogens with zero attached hydrogens (tertiary/aromatic N) is 2. The maximum absolute atomic E-state index is 12.0. The minimum atomic E-state index is -0.705. The molecule has 15 heavy (non-hydrogen) atoms. The highest BCUT2D eigenvalue weighted by Gasteiger charge is 2.36. The van der Waals surface area contributed by atoms with Gasteiger partial charge in [0.05, 0.1) is 5.71 Å². The second-order valence-corrected chi connectivity index (χ2v) is 3.74. The minimum absolute atomic E-state index is 0.132. The average molecular weight is 210 g/mol. The second-order valence-electron chi connectivity index (χ2n) is 3.74. The first kappa shape index (κ1) is 10.1. The van der Waals surface area contributed by atoms with Crippen LogP contribution in [0.2, 0.25) is 0 Å². The van der Waals surface area contributed by atoms with E-state index in [-0.39, 0.29) is 11.8 Å². The Labute approximate surface area is 87.7 Å². The Hall–Kier alpha value is -1.43. The quantitative estimate of drug-likeness (QED) is 0.519. The summed E-state index contributed by atoms with van der Waals surface area (Å²) in [5.41, 5.74) is 2.88. The number of rotatable bonds is 1. The summed E-state index contributed by atoms with van der Waals surface area (Å²) in [5.74, 6) is -1.15. The fourth-order valence-corrected chi connectivity index (χ4v) is 1.82. The fraction of sp³-hybridized carbons (Fsp3) is 0.667. The summed E-state index contributed by atoms with van der Waals surface area (Å²) >= 11 is 0. The molecule has 0 spiro atoms. The molecule has 0 aliphatic carbocycles. The van der Waals surface area contributed by atoms with Gasteiger partial charge in [-0.15, -0.1) is 0 Å². The largest absolute Gasteiger partial charge is 0.339 e. The number of nitrogens with one attached hydrogen (secondary N) is 2. The smallest absolute Gasteiger partial charge is 0.258 e. The summed E-state index contributed by atoms with van der Waals surface area (Å²) in [6.07, 6.45) is 0. The topological polar surface area (TPSA) is 73.8 Å². The summed E-state index contributed by atoms with van der Waals surface area (Å²) in [6.45, 7) is 4.60. The van der Waals surface area contributed by atoms with Crippen LogP contribution in [-0.2, 0) is 9.59 Å². The number of amides is 2. The van der Waals surface area contributed by atoms with E-state index in [2.05, 4.69) is 15.8 Å². The normalized spacial score (nSPS) is 26.2. The number of hydrogen-bond donors (Lipinski definition) is 2. The Morgan fingerprint density at radius 2 is 2.13 bits per heavy atom. The van der Waals surface area contributed by atoms with Crippen LogP contribution in [0.5, 0.6) is 0 Å². The Kier molecular flexibility index (Phi) is 2.68. The predicted octanol–water partition coefficient (Wildman–Crippen LogP) is -1.46. The molecule has 6 nitrogen and oxygen atoms in total. The highest BCUT2D eigenvalue weighted by molar-refractivity contribution is 6.21. The molecule has 6 heteroatoms. The molecule has 1 saturated heterocycles. The number of hydrogen-bond acceptors (Lipinski definition) is 4. The van der Waals surface area contributed by atoms with E-state index in [1.807, 2.05) is 0 Å². The Bertz CT molecular complexity index is 320. The standard InChI is InChI=1S/C9H14N4O2/c1-6-7(8(14)12-11-6)9(15)13-4-2-10-3-5-13/h7,10H,2-5H2,1H3,(H,12,14). The number of carbonyl (C=O) groups excluding carboxylic acids is 2. The first-order chi connectivity index (χ1) is 7.20. The second kappa shape index (κ2) is 3.98. The highest BCUT2D eigenvalue weighted by Crippen LogP contribution is 2.11. The van der Waals surface area contributed by atoms with Crippen LogP contribution in [-0.4, -0.2) is 48.6 Å². The maximum Gasteiger partial charge on any atom is 0.258 e. The first-order valence-electron chi connectivity index (χ1n) is 5.03. The molecule has 2 aliphatic heterocycles. The van der Waals surface area contributed by atoms with Crippen molar-refractivity contribution in [1.82, 2.24) is 15.6 Å². The van der Waals surface area contributed by atoms with Crippen molar-refractivity contribution in [3.8, 4) is 0 Å². The van der Waals surface area contributed by atoms with Gasteiger partial charge in [0.2, 0.25) is 5.91 Å². The van der Waals surface area contributed by atoms with Gasteiger partial charge in [0.15, 0.2) is 5.92 Å². The van der Waals surface area contributed by atoms with Gasteiger partial charge in [-0.1, -0.05) is 0 Å². The van der Waals surface area contributed by atoms with Gasteiger partial charge in [0, 0.05) is 26.2 Å². The lowest BCUT2D eigenvalue weighted by Gasteiger charge is -2.28. The van der Waals surface area contributed by atoms with E-state index in [9.17, 15) is 9.59 Å². The lowest BCUT2D eigenvalue weighted by atomic mass is 10.0. The Morgan fingerprint density at radius 3 is 2.67 bits per heavy atom. The number of hydrazone groups is 1. The van der Waals surface area contributed by atoms with Crippen molar-refractivity contribution in [2.24, 2.45) is 11.0 Å². The molecule has 0 aromatic carbocycles. The maximum atomic E-state index is 12.0. The summed E-state index contributed by atoms with van der Waals surface area (Å²) < 4.78 is 0. The summed E-state index contributed by atoms with van der Waals surface area (Å²) in [6, 6.07) is 0. The lowest BCUT2D eigenvalue weighted by Crippen LogP contribution is -2.50. The van der Waals surface area contributed by atoms with Gasteiger partial charge in [-0.2, -0.15) is 5.10 Å². The molecule has 2 N–H and O–H groups in total. The Morgan fingerprint density at radius 1 is 1.47 bits per heavy atom. The molecular formula is C9H14N4O2. The van der Waals surface area contributed by atoms with E-state index >= 15 is 0 Å². The Balaban J connectivity index is 2.06. The van der Waals surface area contributed by atoms with Gasteiger partial charge in [-0.25, -0.2) is 5.43 Å².